The smallest absolute Gasteiger partial charge is 0.213 e. The van der Waals surface area contributed by atoms with Crippen molar-refractivity contribution in [2.75, 3.05) is 26.2 Å². The molecule has 1 aromatic heterocycles. The van der Waals surface area contributed by atoms with E-state index >= 15 is 0 Å². The van der Waals surface area contributed by atoms with Crippen LogP contribution < -0.4 is 10.1 Å². The van der Waals surface area contributed by atoms with E-state index in [0.29, 0.717) is 30.1 Å². The fourth-order valence-corrected chi connectivity index (χ4v) is 2.60. The van der Waals surface area contributed by atoms with Crippen LogP contribution in [0.15, 0.2) is 12.1 Å². The molecular weight excluding hydrogens is 286 g/mol. The van der Waals surface area contributed by atoms with E-state index in [2.05, 4.69) is 29.0 Å². The lowest BCUT2D eigenvalue weighted by Gasteiger charge is -2.26. The Bertz CT molecular complexity index is 434. The van der Waals surface area contributed by atoms with Crippen molar-refractivity contribution >= 4 is 11.6 Å². The number of hydrogen-bond donors (Lipinski definition) is 1. The van der Waals surface area contributed by atoms with E-state index in [0.717, 1.165) is 12.2 Å². The number of likely N-dealkylation sites (tertiary alicyclic amines) is 1. The summed E-state index contributed by atoms with van der Waals surface area (Å²) in [6, 6.07) is 4.12. The maximum absolute atomic E-state index is 6.17. The second-order valence-corrected chi connectivity index (χ2v) is 6.27. The predicted molar refractivity (Wildman–Crippen MR) is 87.0 cm³/mol. The number of piperidine rings is 1. The normalized spacial score (nSPS) is 16.4. The average molecular weight is 312 g/mol. The van der Waals surface area contributed by atoms with Gasteiger partial charge in [-0.3, -0.25) is 4.90 Å². The van der Waals surface area contributed by atoms with Crippen molar-refractivity contribution in [1.29, 1.82) is 0 Å². The molecule has 1 aromatic rings. The third kappa shape index (κ3) is 5.81. The Hall–Kier alpha value is -0.840. The zero-order valence-corrected chi connectivity index (χ0v) is 13.8. The van der Waals surface area contributed by atoms with Gasteiger partial charge in [0.2, 0.25) is 5.88 Å². The third-order valence-electron chi connectivity index (χ3n) is 3.68. The highest BCUT2D eigenvalue weighted by Crippen LogP contribution is 2.18. The highest BCUT2D eigenvalue weighted by molar-refractivity contribution is 6.31. The van der Waals surface area contributed by atoms with Gasteiger partial charge in [-0.2, -0.15) is 0 Å². The lowest BCUT2D eigenvalue weighted by atomic mass is 10.1. The van der Waals surface area contributed by atoms with Crippen LogP contribution >= 0.6 is 11.6 Å². The topological polar surface area (TPSA) is 37.4 Å². The molecule has 5 heteroatoms. The Morgan fingerprint density at radius 3 is 2.76 bits per heavy atom. The largest absolute Gasteiger partial charge is 0.476 e. The minimum atomic E-state index is 0.409. The lowest BCUT2D eigenvalue weighted by Crippen LogP contribution is -2.33. The van der Waals surface area contributed by atoms with Gasteiger partial charge in [-0.25, -0.2) is 4.98 Å². The molecule has 0 spiro atoms. The molecule has 0 bridgehead atoms. The molecule has 2 rings (SSSR count). The Morgan fingerprint density at radius 1 is 1.29 bits per heavy atom. The van der Waals surface area contributed by atoms with E-state index in [-0.39, 0.29) is 0 Å². The summed E-state index contributed by atoms with van der Waals surface area (Å²) in [4.78, 5) is 6.95. The van der Waals surface area contributed by atoms with Crippen LogP contribution in [0.1, 0.15) is 38.8 Å². The van der Waals surface area contributed by atoms with Gasteiger partial charge in [-0.1, -0.05) is 31.9 Å². The number of hydrogen-bond acceptors (Lipinski definition) is 4. The second-order valence-electron chi connectivity index (χ2n) is 5.86. The van der Waals surface area contributed by atoms with Gasteiger partial charge < -0.3 is 10.1 Å². The highest BCUT2D eigenvalue weighted by atomic mass is 35.5. The number of ether oxygens (including phenoxy) is 1. The summed E-state index contributed by atoms with van der Waals surface area (Å²) in [7, 11) is 0. The van der Waals surface area contributed by atoms with Gasteiger partial charge in [-0.05, 0) is 32.0 Å². The molecule has 21 heavy (non-hydrogen) atoms. The van der Waals surface area contributed by atoms with E-state index in [1.54, 1.807) is 0 Å². The molecule has 0 unspecified atom stereocenters. The van der Waals surface area contributed by atoms with Gasteiger partial charge in [0.15, 0.2) is 0 Å². The summed E-state index contributed by atoms with van der Waals surface area (Å²) in [5.74, 6) is 0.664. The lowest BCUT2D eigenvalue weighted by molar-refractivity contribution is 0.180. The first-order valence-electron chi connectivity index (χ1n) is 7.89. The van der Waals surface area contributed by atoms with Gasteiger partial charge in [-0.15, -0.1) is 0 Å². The fourth-order valence-electron chi connectivity index (χ4n) is 2.43. The van der Waals surface area contributed by atoms with Gasteiger partial charge in [0.1, 0.15) is 6.61 Å². The zero-order chi connectivity index (χ0) is 15.1. The number of nitrogens with one attached hydrogen (secondary N) is 1. The summed E-state index contributed by atoms with van der Waals surface area (Å²) in [6.45, 7) is 8.93. The fraction of sp³-hybridized carbons (Fsp3) is 0.688. The highest BCUT2D eigenvalue weighted by Gasteiger charge is 2.10. The molecule has 1 aliphatic rings. The van der Waals surface area contributed by atoms with Crippen LogP contribution in [0, 0.1) is 0 Å². The molecule has 1 aliphatic heterocycles. The molecule has 2 heterocycles. The Morgan fingerprint density at radius 2 is 2.05 bits per heavy atom. The molecule has 0 aliphatic carbocycles. The molecule has 1 N–H and O–H groups in total. The van der Waals surface area contributed by atoms with Crippen molar-refractivity contribution < 1.29 is 4.74 Å². The monoisotopic (exact) mass is 311 g/mol. The van der Waals surface area contributed by atoms with Gasteiger partial charge in [0.05, 0.1) is 10.7 Å². The standard InChI is InChI=1S/C16H26ClN3O/c1-13(2)18-12-15-14(17)6-7-16(19-15)21-11-10-20-8-4-3-5-9-20/h6-7,13,18H,3-5,8-12H2,1-2H3. The quantitative estimate of drug-likeness (QED) is 0.839. The summed E-state index contributed by atoms with van der Waals surface area (Å²) < 4.78 is 5.77. The summed E-state index contributed by atoms with van der Waals surface area (Å²) in [5, 5.41) is 4.01. The van der Waals surface area contributed by atoms with Crippen molar-refractivity contribution in [3.05, 3.63) is 22.8 Å². The first-order valence-corrected chi connectivity index (χ1v) is 8.27. The number of aromatic nitrogens is 1. The van der Waals surface area contributed by atoms with Crippen LogP contribution in [-0.4, -0.2) is 42.2 Å². The molecular formula is C16H26ClN3O. The Labute approximate surface area is 132 Å². The number of nitrogens with zero attached hydrogens (tertiary/aromatic N) is 2. The Kier molecular flexibility index (Phi) is 6.74. The SMILES string of the molecule is CC(C)NCc1nc(OCCN2CCCCC2)ccc1Cl. The summed E-state index contributed by atoms with van der Waals surface area (Å²) >= 11 is 6.17. The number of halogens is 1. The molecule has 0 amide bonds. The maximum atomic E-state index is 6.17. The average Bonchev–Trinajstić information content (AvgIpc) is 2.48. The van der Waals surface area contributed by atoms with Crippen molar-refractivity contribution in [1.82, 2.24) is 15.2 Å². The van der Waals surface area contributed by atoms with Gasteiger partial charge >= 0.3 is 0 Å². The second kappa shape index (κ2) is 8.57. The van der Waals surface area contributed by atoms with Crippen LogP contribution in [0.2, 0.25) is 5.02 Å². The van der Waals surface area contributed by atoms with E-state index in [1.165, 1.54) is 32.4 Å². The van der Waals surface area contributed by atoms with Crippen LogP contribution in [0.5, 0.6) is 5.88 Å². The number of rotatable bonds is 7. The minimum absolute atomic E-state index is 0.409. The van der Waals surface area contributed by atoms with E-state index in [9.17, 15) is 0 Å². The molecule has 0 saturated carbocycles. The Balaban J connectivity index is 1.80. The number of pyridine rings is 1. The minimum Gasteiger partial charge on any atom is -0.476 e. The van der Waals surface area contributed by atoms with Gasteiger partial charge in [0, 0.05) is 25.2 Å². The zero-order valence-electron chi connectivity index (χ0n) is 13.1. The molecule has 118 valence electrons. The molecule has 1 saturated heterocycles. The summed E-state index contributed by atoms with van der Waals surface area (Å²) in [5.41, 5.74) is 0.848. The van der Waals surface area contributed by atoms with Crippen molar-refractivity contribution in [3.63, 3.8) is 0 Å². The summed E-state index contributed by atoms with van der Waals surface area (Å²) in [6.07, 6.45) is 3.98. The predicted octanol–water partition coefficient (Wildman–Crippen LogP) is 3.10. The molecule has 1 fully saturated rings. The molecule has 4 nitrogen and oxygen atoms in total. The van der Waals surface area contributed by atoms with Crippen LogP contribution in [-0.2, 0) is 6.54 Å². The van der Waals surface area contributed by atoms with E-state index in [1.807, 2.05) is 12.1 Å². The van der Waals surface area contributed by atoms with Crippen molar-refractivity contribution in [2.45, 2.75) is 45.7 Å². The van der Waals surface area contributed by atoms with E-state index < -0.39 is 0 Å². The van der Waals surface area contributed by atoms with E-state index in [4.69, 9.17) is 16.3 Å². The first kappa shape index (κ1) is 16.5. The van der Waals surface area contributed by atoms with Crippen molar-refractivity contribution in [2.24, 2.45) is 0 Å². The molecule has 0 radical (unpaired) electrons. The van der Waals surface area contributed by atoms with Crippen LogP contribution in [0.3, 0.4) is 0 Å². The van der Waals surface area contributed by atoms with Crippen molar-refractivity contribution in [3.8, 4) is 5.88 Å². The maximum Gasteiger partial charge on any atom is 0.213 e. The molecule has 0 aromatic carbocycles. The van der Waals surface area contributed by atoms with Crippen LogP contribution in [0.25, 0.3) is 0 Å². The van der Waals surface area contributed by atoms with Crippen LogP contribution in [0.4, 0.5) is 0 Å². The van der Waals surface area contributed by atoms with Gasteiger partial charge in [0.25, 0.3) is 0 Å². The third-order valence-corrected chi connectivity index (χ3v) is 4.02. The molecule has 0 atom stereocenters. The first-order chi connectivity index (χ1) is 10.1.